The van der Waals surface area contributed by atoms with Gasteiger partial charge < -0.3 is 19.9 Å². The molecule has 2 aromatic rings. The first-order valence-corrected chi connectivity index (χ1v) is 8.53. The van der Waals surface area contributed by atoms with Crippen LogP contribution in [0.1, 0.15) is 31.1 Å². The van der Waals surface area contributed by atoms with Crippen molar-refractivity contribution in [2.24, 2.45) is 0 Å². The number of carboxylic acid groups (broad SMARTS) is 1. The summed E-state index contributed by atoms with van der Waals surface area (Å²) in [5.41, 5.74) is -1.84. The molecule has 0 radical (unpaired) electrons. The number of halogens is 2. The summed E-state index contributed by atoms with van der Waals surface area (Å²) in [5, 5.41) is 8.65. The fourth-order valence-corrected chi connectivity index (χ4v) is 2.98. The second kappa shape index (κ2) is 7.82. The number of piperazine rings is 1. The molecule has 26 heavy (non-hydrogen) atoms. The molecule has 0 spiro atoms. The van der Waals surface area contributed by atoms with Crippen molar-refractivity contribution in [3.8, 4) is 0 Å². The highest BCUT2D eigenvalue weighted by Gasteiger charge is 2.27. The maximum absolute atomic E-state index is 14.8. The summed E-state index contributed by atoms with van der Waals surface area (Å²) in [6, 6.07) is 1.03. The number of hydrogen-bond donors (Lipinski definition) is 2. The molecule has 1 atom stereocenters. The van der Waals surface area contributed by atoms with Gasteiger partial charge in [-0.25, -0.2) is 13.6 Å². The van der Waals surface area contributed by atoms with Gasteiger partial charge in [-0.05, 0) is 20.0 Å². The van der Waals surface area contributed by atoms with Crippen LogP contribution < -0.4 is 10.3 Å². The number of nitrogens with zero attached hydrogens (tertiary/aromatic N) is 2. The standard InChI is InChI=1S/C16H17F2N3O3.C2H6/c1-8-7-21(4-3-20(8)2)14-11(17)5-9-13(12(14)18)19-6-10(15(9)22)16(23)24;1-2/h5-6,8H,3-4,7H2,1-2H3,(H,19,22)(H,23,24);1-2H3. The molecule has 1 saturated heterocycles. The summed E-state index contributed by atoms with van der Waals surface area (Å²) in [6.07, 6.45) is 0.935. The smallest absolute Gasteiger partial charge is 0.341 e. The van der Waals surface area contributed by atoms with E-state index in [0.717, 1.165) is 12.3 Å². The Morgan fingerprint density at radius 2 is 1.96 bits per heavy atom. The number of pyridine rings is 1. The number of carbonyl (C=O) groups is 1. The van der Waals surface area contributed by atoms with Crippen LogP contribution in [-0.4, -0.2) is 53.7 Å². The van der Waals surface area contributed by atoms with Crippen LogP contribution in [0.5, 0.6) is 0 Å². The van der Waals surface area contributed by atoms with E-state index in [1.807, 2.05) is 27.8 Å². The number of aromatic nitrogens is 1. The molecule has 1 unspecified atom stereocenters. The average molecular weight is 367 g/mol. The third kappa shape index (κ3) is 3.41. The number of likely N-dealkylation sites (N-methyl/N-ethyl adjacent to an activating group) is 1. The van der Waals surface area contributed by atoms with E-state index in [-0.39, 0.29) is 22.6 Å². The van der Waals surface area contributed by atoms with E-state index in [9.17, 15) is 18.4 Å². The van der Waals surface area contributed by atoms with Gasteiger partial charge in [-0.1, -0.05) is 13.8 Å². The summed E-state index contributed by atoms with van der Waals surface area (Å²) in [6.45, 7) is 7.53. The average Bonchev–Trinajstić information content (AvgIpc) is 2.60. The van der Waals surface area contributed by atoms with Crippen molar-refractivity contribution in [3.05, 3.63) is 39.7 Å². The molecule has 1 aliphatic heterocycles. The topological polar surface area (TPSA) is 76.6 Å². The lowest BCUT2D eigenvalue weighted by atomic mass is 10.1. The fourth-order valence-electron chi connectivity index (χ4n) is 2.98. The molecule has 2 heterocycles. The summed E-state index contributed by atoms with van der Waals surface area (Å²) >= 11 is 0. The van der Waals surface area contributed by atoms with E-state index >= 15 is 0 Å². The molecule has 1 fully saturated rings. The molecule has 1 aliphatic rings. The number of hydrogen-bond acceptors (Lipinski definition) is 4. The second-order valence-corrected chi connectivity index (χ2v) is 6.06. The van der Waals surface area contributed by atoms with Gasteiger partial charge in [-0.3, -0.25) is 4.79 Å². The van der Waals surface area contributed by atoms with E-state index in [1.165, 1.54) is 0 Å². The number of H-pyrrole nitrogens is 1. The Hall–Kier alpha value is -2.48. The van der Waals surface area contributed by atoms with Crippen LogP contribution in [0.25, 0.3) is 10.9 Å². The van der Waals surface area contributed by atoms with E-state index in [1.54, 1.807) is 4.90 Å². The Bertz CT molecular complexity index is 882. The van der Waals surface area contributed by atoms with Crippen LogP contribution in [-0.2, 0) is 0 Å². The number of anilines is 1. The number of aromatic carboxylic acids is 1. The molecule has 0 bridgehead atoms. The largest absolute Gasteiger partial charge is 0.477 e. The monoisotopic (exact) mass is 367 g/mol. The van der Waals surface area contributed by atoms with E-state index in [4.69, 9.17) is 5.11 Å². The van der Waals surface area contributed by atoms with Gasteiger partial charge in [0.25, 0.3) is 0 Å². The number of benzene rings is 1. The Balaban J connectivity index is 0.00000117. The summed E-state index contributed by atoms with van der Waals surface area (Å²) in [7, 11) is 1.94. The molecule has 0 saturated carbocycles. The van der Waals surface area contributed by atoms with E-state index in [0.29, 0.717) is 19.6 Å². The van der Waals surface area contributed by atoms with Crippen molar-refractivity contribution in [1.82, 2.24) is 9.88 Å². The number of carboxylic acids is 1. The number of fused-ring (bicyclic) bond motifs is 1. The first-order valence-electron chi connectivity index (χ1n) is 8.53. The van der Waals surface area contributed by atoms with Crippen LogP contribution in [0.4, 0.5) is 14.5 Å². The third-order valence-electron chi connectivity index (χ3n) is 4.55. The van der Waals surface area contributed by atoms with Gasteiger partial charge in [0.05, 0.1) is 10.9 Å². The van der Waals surface area contributed by atoms with Gasteiger partial charge in [-0.2, -0.15) is 0 Å². The van der Waals surface area contributed by atoms with Crippen LogP contribution in [0.3, 0.4) is 0 Å². The molecular weight excluding hydrogens is 344 g/mol. The summed E-state index contributed by atoms with van der Waals surface area (Å²) < 4.78 is 29.3. The Morgan fingerprint density at radius 3 is 2.54 bits per heavy atom. The van der Waals surface area contributed by atoms with Gasteiger partial charge >= 0.3 is 5.97 Å². The molecule has 0 aliphatic carbocycles. The van der Waals surface area contributed by atoms with E-state index in [2.05, 4.69) is 9.88 Å². The maximum atomic E-state index is 14.8. The zero-order valence-corrected chi connectivity index (χ0v) is 15.3. The highest BCUT2D eigenvalue weighted by atomic mass is 19.1. The molecule has 1 aromatic carbocycles. The van der Waals surface area contributed by atoms with Crippen molar-refractivity contribution in [2.75, 3.05) is 31.6 Å². The van der Waals surface area contributed by atoms with Crippen molar-refractivity contribution >= 4 is 22.6 Å². The second-order valence-electron chi connectivity index (χ2n) is 6.06. The van der Waals surface area contributed by atoms with Crippen LogP contribution in [0.2, 0.25) is 0 Å². The van der Waals surface area contributed by atoms with E-state index < -0.39 is 28.6 Å². The maximum Gasteiger partial charge on any atom is 0.341 e. The zero-order valence-electron chi connectivity index (χ0n) is 15.3. The van der Waals surface area contributed by atoms with Gasteiger partial charge in [0.15, 0.2) is 5.82 Å². The predicted molar refractivity (Wildman–Crippen MR) is 97.1 cm³/mol. The van der Waals surface area contributed by atoms with Gasteiger partial charge in [0.1, 0.15) is 17.1 Å². The van der Waals surface area contributed by atoms with Crippen LogP contribution >= 0.6 is 0 Å². The van der Waals surface area contributed by atoms with Crippen molar-refractivity contribution in [3.63, 3.8) is 0 Å². The Kier molecular flexibility index (Phi) is 5.97. The SMILES string of the molecule is CC.CC1CN(c2c(F)cc3c(=O)c(C(=O)O)c[nH]c3c2F)CCN1C. The zero-order chi connectivity index (χ0) is 19.6. The minimum Gasteiger partial charge on any atom is -0.477 e. The lowest BCUT2D eigenvalue weighted by Crippen LogP contribution is -2.50. The molecule has 0 amide bonds. The molecule has 2 N–H and O–H groups in total. The minimum atomic E-state index is -1.45. The molecule has 3 rings (SSSR count). The van der Waals surface area contributed by atoms with Crippen molar-refractivity contribution in [2.45, 2.75) is 26.8 Å². The van der Waals surface area contributed by atoms with Crippen LogP contribution in [0.15, 0.2) is 17.1 Å². The van der Waals surface area contributed by atoms with Gasteiger partial charge in [0, 0.05) is 31.9 Å². The summed E-state index contributed by atoms with van der Waals surface area (Å²) in [5.74, 6) is -3.20. The van der Waals surface area contributed by atoms with Gasteiger partial charge in [-0.15, -0.1) is 0 Å². The molecule has 142 valence electrons. The summed E-state index contributed by atoms with van der Waals surface area (Å²) in [4.78, 5) is 29.3. The quantitative estimate of drug-likeness (QED) is 0.853. The highest BCUT2D eigenvalue weighted by molar-refractivity contribution is 5.93. The number of aromatic amines is 1. The van der Waals surface area contributed by atoms with Crippen molar-refractivity contribution < 1.29 is 18.7 Å². The van der Waals surface area contributed by atoms with Crippen LogP contribution in [0, 0.1) is 11.6 Å². The highest BCUT2D eigenvalue weighted by Crippen LogP contribution is 2.30. The third-order valence-corrected chi connectivity index (χ3v) is 4.55. The van der Waals surface area contributed by atoms with Crippen molar-refractivity contribution in [1.29, 1.82) is 0 Å². The Morgan fingerprint density at radius 1 is 1.31 bits per heavy atom. The number of nitrogens with one attached hydrogen (secondary N) is 1. The molecule has 1 aromatic heterocycles. The fraction of sp³-hybridized carbons (Fsp3) is 0.444. The van der Waals surface area contributed by atoms with Gasteiger partial charge in [0.2, 0.25) is 5.43 Å². The lowest BCUT2D eigenvalue weighted by molar-refractivity contribution is 0.0695. The first-order chi connectivity index (χ1) is 12.3. The number of rotatable bonds is 2. The normalized spacial score (nSPS) is 17.8. The molecule has 8 heteroatoms. The molecule has 6 nitrogen and oxygen atoms in total. The minimum absolute atomic E-state index is 0.127. The predicted octanol–water partition coefficient (Wildman–Crippen LogP) is 2.67. The first kappa shape index (κ1) is 19.8. The molecular formula is C18H23F2N3O3. The Labute approximate surface area is 150 Å². The lowest BCUT2D eigenvalue weighted by Gasteiger charge is -2.39.